The Balaban J connectivity index is 2.83. The molecule has 1 amide bonds. The standard InChI is InChI=1S/C10H13BrN2O2/c11-8-3-1-2-7(6-8)9(4-5-12)13-10(14)15/h1-3,6,9,13H,4-5,12H2,(H,14,15). The number of rotatable bonds is 4. The molecule has 15 heavy (non-hydrogen) atoms. The van der Waals surface area contributed by atoms with E-state index < -0.39 is 6.09 Å². The lowest BCUT2D eigenvalue weighted by molar-refractivity contribution is 0.189. The van der Waals surface area contributed by atoms with E-state index >= 15 is 0 Å². The van der Waals surface area contributed by atoms with Gasteiger partial charge in [0.2, 0.25) is 0 Å². The largest absolute Gasteiger partial charge is 0.465 e. The molecule has 0 spiro atoms. The predicted molar refractivity (Wildman–Crippen MR) is 61.7 cm³/mol. The van der Waals surface area contributed by atoms with Crippen LogP contribution in [0.3, 0.4) is 0 Å². The molecule has 1 atom stereocenters. The average molecular weight is 273 g/mol. The number of carbonyl (C=O) groups is 1. The summed E-state index contributed by atoms with van der Waals surface area (Å²) in [6, 6.07) is 7.28. The van der Waals surface area contributed by atoms with Gasteiger partial charge in [-0.1, -0.05) is 28.1 Å². The van der Waals surface area contributed by atoms with Gasteiger partial charge in [0, 0.05) is 4.47 Å². The Kier molecular flexibility index (Phi) is 4.58. The van der Waals surface area contributed by atoms with Gasteiger partial charge in [0.25, 0.3) is 0 Å². The first kappa shape index (κ1) is 12.0. The van der Waals surface area contributed by atoms with E-state index in [4.69, 9.17) is 10.8 Å². The number of carboxylic acid groups (broad SMARTS) is 1. The van der Waals surface area contributed by atoms with Crippen molar-refractivity contribution >= 4 is 22.0 Å². The molecule has 0 aromatic heterocycles. The van der Waals surface area contributed by atoms with Crippen LogP contribution in [-0.2, 0) is 0 Å². The molecule has 1 unspecified atom stereocenters. The van der Waals surface area contributed by atoms with E-state index in [2.05, 4.69) is 21.2 Å². The van der Waals surface area contributed by atoms with Gasteiger partial charge in [-0.05, 0) is 30.7 Å². The van der Waals surface area contributed by atoms with Crippen molar-refractivity contribution in [3.63, 3.8) is 0 Å². The highest BCUT2D eigenvalue weighted by atomic mass is 79.9. The van der Waals surface area contributed by atoms with Gasteiger partial charge in [-0.3, -0.25) is 0 Å². The Morgan fingerprint density at radius 2 is 2.33 bits per heavy atom. The molecule has 0 aliphatic rings. The first-order valence-electron chi connectivity index (χ1n) is 4.58. The molecule has 0 heterocycles. The lowest BCUT2D eigenvalue weighted by Crippen LogP contribution is -2.28. The number of amides is 1. The zero-order chi connectivity index (χ0) is 11.3. The van der Waals surface area contributed by atoms with E-state index in [-0.39, 0.29) is 6.04 Å². The summed E-state index contributed by atoms with van der Waals surface area (Å²) in [4.78, 5) is 10.6. The van der Waals surface area contributed by atoms with Crippen molar-refractivity contribution in [2.75, 3.05) is 6.54 Å². The second kappa shape index (κ2) is 5.72. The van der Waals surface area contributed by atoms with Crippen LogP contribution in [0.4, 0.5) is 4.79 Å². The summed E-state index contributed by atoms with van der Waals surface area (Å²) in [7, 11) is 0. The Morgan fingerprint density at radius 3 is 2.87 bits per heavy atom. The Morgan fingerprint density at radius 1 is 1.60 bits per heavy atom. The first-order chi connectivity index (χ1) is 7.13. The van der Waals surface area contributed by atoms with E-state index in [1.54, 1.807) is 0 Å². The number of nitrogens with two attached hydrogens (primary N) is 1. The van der Waals surface area contributed by atoms with Crippen LogP contribution < -0.4 is 11.1 Å². The highest BCUT2D eigenvalue weighted by Crippen LogP contribution is 2.20. The van der Waals surface area contributed by atoms with E-state index in [1.165, 1.54) is 0 Å². The van der Waals surface area contributed by atoms with Crippen LogP contribution in [0.1, 0.15) is 18.0 Å². The van der Waals surface area contributed by atoms with Crippen LogP contribution in [0, 0.1) is 0 Å². The summed E-state index contributed by atoms with van der Waals surface area (Å²) in [5, 5.41) is 11.1. The van der Waals surface area contributed by atoms with Crippen molar-refractivity contribution in [2.45, 2.75) is 12.5 Å². The molecular formula is C10H13BrN2O2. The lowest BCUT2D eigenvalue weighted by Gasteiger charge is -2.16. The normalized spacial score (nSPS) is 12.1. The van der Waals surface area contributed by atoms with Crippen LogP contribution >= 0.6 is 15.9 Å². The third-order valence-electron chi connectivity index (χ3n) is 2.00. The number of hydrogen-bond acceptors (Lipinski definition) is 2. The Labute approximate surface area is 96.6 Å². The smallest absolute Gasteiger partial charge is 0.405 e. The van der Waals surface area contributed by atoms with Crippen molar-refractivity contribution in [3.8, 4) is 0 Å². The Hall–Kier alpha value is -1.07. The van der Waals surface area contributed by atoms with Gasteiger partial charge in [0.15, 0.2) is 0 Å². The van der Waals surface area contributed by atoms with Crippen LogP contribution in [0.2, 0.25) is 0 Å². The number of hydrogen-bond donors (Lipinski definition) is 3. The maximum Gasteiger partial charge on any atom is 0.405 e. The number of halogens is 1. The summed E-state index contributed by atoms with van der Waals surface area (Å²) in [5.41, 5.74) is 6.35. The molecule has 1 rings (SSSR count). The van der Waals surface area contributed by atoms with Crippen molar-refractivity contribution in [3.05, 3.63) is 34.3 Å². The quantitative estimate of drug-likeness (QED) is 0.786. The average Bonchev–Trinajstić information content (AvgIpc) is 2.16. The third kappa shape index (κ3) is 3.89. The molecule has 0 saturated heterocycles. The van der Waals surface area contributed by atoms with Crippen LogP contribution in [0.25, 0.3) is 0 Å². The van der Waals surface area contributed by atoms with Crippen LogP contribution in [-0.4, -0.2) is 17.7 Å². The molecule has 0 aliphatic heterocycles. The van der Waals surface area contributed by atoms with Crippen molar-refractivity contribution < 1.29 is 9.90 Å². The van der Waals surface area contributed by atoms with Gasteiger partial charge in [-0.2, -0.15) is 0 Å². The second-order valence-electron chi connectivity index (χ2n) is 3.13. The van der Waals surface area contributed by atoms with Gasteiger partial charge in [-0.25, -0.2) is 4.79 Å². The SMILES string of the molecule is NCCC(NC(=O)O)c1cccc(Br)c1. The molecule has 0 aliphatic carbocycles. The molecule has 0 radical (unpaired) electrons. The van der Waals surface area contributed by atoms with Crippen molar-refractivity contribution in [2.24, 2.45) is 5.73 Å². The molecule has 0 fully saturated rings. The molecule has 4 nitrogen and oxygen atoms in total. The lowest BCUT2D eigenvalue weighted by atomic mass is 10.0. The zero-order valence-electron chi connectivity index (χ0n) is 8.11. The molecule has 4 N–H and O–H groups in total. The highest BCUT2D eigenvalue weighted by molar-refractivity contribution is 9.10. The number of benzene rings is 1. The summed E-state index contributed by atoms with van der Waals surface area (Å²) in [5.74, 6) is 0. The topological polar surface area (TPSA) is 75.3 Å². The maximum atomic E-state index is 10.6. The van der Waals surface area contributed by atoms with Gasteiger partial charge in [0.05, 0.1) is 6.04 Å². The zero-order valence-corrected chi connectivity index (χ0v) is 9.70. The van der Waals surface area contributed by atoms with Crippen LogP contribution in [0.15, 0.2) is 28.7 Å². The van der Waals surface area contributed by atoms with E-state index in [0.29, 0.717) is 13.0 Å². The van der Waals surface area contributed by atoms with E-state index in [0.717, 1.165) is 10.0 Å². The Bertz CT molecular complexity index is 344. The van der Waals surface area contributed by atoms with Crippen molar-refractivity contribution in [1.82, 2.24) is 5.32 Å². The summed E-state index contributed by atoms with van der Waals surface area (Å²) < 4.78 is 0.925. The van der Waals surface area contributed by atoms with Gasteiger partial charge < -0.3 is 16.2 Å². The predicted octanol–water partition coefficient (Wildman–Crippen LogP) is 2.11. The molecule has 82 valence electrons. The molecular weight excluding hydrogens is 260 g/mol. The van der Waals surface area contributed by atoms with Crippen LogP contribution in [0.5, 0.6) is 0 Å². The fraction of sp³-hybridized carbons (Fsp3) is 0.300. The third-order valence-corrected chi connectivity index (χ3v) is 2.50. The molecule has 1 aromatic rings. The summed E-state index contributed by atoms with van der Waals surface area (Å²) in [6.45, 7) is 0.442. The maximum absolute atomic E-state index is 10.6. The second-order valence-corrected chi connectivity index (χ2v) is 4.05. The summed E-state index contributed by atoms with van der Waals surface area (Å²) >= 11 is 3.34. The van der Waals surface area contributed by atoms with Gasteiger partial charge in [-0.15, -0.1) is 0 Å². The fourth-order valence-corrected chi connectivity index (χ4v) is 1.78. The minimum Gasteiger partial charge on any atom is -0.465 e. The molecule has 5 heteroatoms. The summed E-state index contributed by atoms with van der Waals surface area (Å²) in [6.07, 6.45) is -0.448. The minimum atomic E-state index is -1.03. The van der Waals surface area contributed by atoms with Gasteiger partial charge >= 0.3 is 6.09 Å². The van der Waals surface area contributed by atoms with Gasteiger partial charge in [0.1, 0.15) is 0 Å². The van der Waals surface area contributed by atoms with Crippen molar-refractivity contribution in [1.29, 1.82) is 0 Å². The fourth-order valence-electron chi connectivity index (χ4n) is 1.36. The van der Waals surface area contributed by atoms with E-state index in [9.17, 15) is 4.79 Å². The molecule has 0 bridgehead atoms. The minimum absolute atomic E-state index is 0.245. The monoisotopic (exact) mass is 272 g/mol. The highest BCUT2D eigenvalue weighted by Gasteiger charge is 2.12. The first-order valence-corrected chi connectivity index (χ1v) is 5.37. The molecule has 0 saturated carbocycles. The van der Waals surface area contributed by atoms with E-state index in [1.807, 2.05) is 24.3 Å². The number of nitrogens with one attached hydrogen (secondary N) is 1. The molecule has 1 aromatic carbocycles.